The molecule has 0 saturated carbocycles. The van der Waals surface area contributed by atoms with E-state index in [1.165, 1.54) is 5.01 Å². The second-order valence-electron chi connectivity index (χ2n) is 3.30. The van der Waals surface area contributed by atoms with Gasteiger partial charge in [0.25, 0.3) is 0 Å². The van der Waals surface area contributed by atoms with Gasteiger partial charge in [0.2, 0.25) is 5.88 Å². The van der Waals surface area contributed by atoms with Crippen LogP contribution in [-0.4, -0.2) is 29.3 Å². The first-order chi connectivity index (χ1) is 8.06. The molecule has 0 aromatic carbocycles. The summed E-state index contributed by atoms with van der Waals surface area (Å²) in [5.41, 5.74) is 6.35. The second kappa shape index (κ2) is 6.19. The number of nitrogens with zero attached hydrogens (tertiary/aromatic N) is 3. The van der Waals surface area contributed by atoms with E-state index in [1.807, 2.05) is 6.07 Å². The Labute approximate surface area is 108 Å². The predicted molar refractivity (Wildman–Crippen MR) is 70.1 cm³/mol. The molecule has 0 unspecified atom stereocenters. The van der Waals surface area contributed by atoms with Crippen LogP contribution in [0.4, 0.5) is 0 Å². The number of rotatable bonds is 5. The predicted octanol–water partition coefficient (Wildman–Crippen LogP) is 1.55. The van der Waals surface area contributed by atoms with Crippen molar-refractivity contribution in [2.75, 3.05) is 7.11 Å². The van der Waals surface area contributed by atoms with Crippen molar-refractivity contribution in [1.29, 1.82) is 5.41 Å². The molecule has 0 aliphatic heterocycles. The van der Waals surface area contributed by atoms with Crippen molar-refractivity contribution in [2.45, 2.75) is 13.5 Å². The molecule has 0 atom stereocenters. The largest absolute Gasteiger partial charge is 0.480 e. The maximum absolute atomic E-state index is 7.22. The van der Waals surface area contributed by atoms with E-state index in [9.17, 15) is 0 Å². The van der Waals surface area contributed by atoms with Crippen LogP contribution in [0.2, 0.25) is 0 Å². The normalized spacial score (nSPS) is 11.1. The summed E-state index contributed by atoms with van der Waals surface area (Å²) in [5, 5.41) is 12.6. The number of aromatic nitrogens is 1. The summed E-state index contributed by atoms with van der Waals surface area (Å²) in [7, 11) is 1.55. The number of ether oxygens (including phenoxy) is 1. The Bertz CT molecular complexity index is 431. The van der Waals surface area contributed by atoms with Gasteiger partial charge in [-0.1, -0.05) is 0 Å². The maximum atomic E-state index is 7.22. The van der Waals surface area contributed by atoms with Gasteiger partial charge in [0.1, 0.15) is 12.2 Å². The van der Waals surface area contributed by atoms with Gasteiger partial charge >= 0.3 is 0 Å². The number of nitrogens with one attached hydrogen (secondary N) is 1. The molecule has 0 bridgehead atoms. The highest BCUT2D eigenvalue weighted by Gasteiger charge is 2.05. The molecule has 0 aliphatic rings. The number of halogens is 1. The van der Waals surface area contributed by atoms with E-state index in [4.69, 9.17) is 15.9 Å². The molecular formula is C10H14BrN5O. The SMILES string of the molecule is COc1ncc(CN(C=N)/N=C(\C)N)cc1Br. The Balaban J connectivity index is 2.84. The van der Waals surface area contributed by atoms with Gasteiger partial charge in [-0.2, -0.15) is 5.10 Å². The maximum Gasteiger partial charge on any atom is 0.227 e. The molecular weight excluding hydrogens is 286 g/mol. The third-order valence-electron chi connectivity index (χ3n) is 1.84. The number of amidine groups is 1. The third kappa shape index (κ3) is 4.03. The number of hydrazone groups is 1. The number of methoxy groups -OCH3 is 1. The fraction of sp³-hybridized carbons (Fsp3) is 0.300. The third-order valence-corrected chi connectivity index (χ3v) is 2.41. The van der Waals surface area contributed by atoms with Crippen molar-refractivity contribution >= 4 is 28.1 Å². The molecule has 0 spiro atoms. The molecule has 0 radical (unpaired) electrons. The van der Waals surface area contributed by atoms with Crippen LogP contribution in [0.5, 0.6) is 5.88 Å². The van der Waals surface area contributed by atoms with Crippen molar-refractivity contribution in [1.82, 2.24) is 9.99 Å². The molecule has 7 heteroatoms. The minimum atomic E-state index is 0.397. The lowest BCUT2D eigenvalue weighted by Crippen LogP contribution is -2.19. The van der Waals surface area contributed by atoms with Gasteiger partial charge in [-0.25, -0.2) is 9.99 Å². The molecule has 92 valence electrons. The highest BCUT2D eigenvalue weighted by molar-refractivity contribution is 9.10. The van der Waals surface area contributed by atoms with E-state index >= 15 is 0 Å². The van der Waals surface area contributed by atoms with Crippen molar-refractivity contribution < 1.29 is 4.74 Å². The minimum Gasteiger partial charge on any atom is -0.480 e. The zero-order valence-corrected chi connectivity index (χ0v) is 11.2. The van der Waals surface area contributed by atoms with E-state index < -0.39 is 0 Å². The Kier molecular flexibility index (Phi) is 4.89. The summed E-state index contributed by atoms with van der Waals surface area (Å²) in [6, 6.07) is 1.86. The van der Waals surface area contributed by atoms with Crippen molar-refractivity contribution in [3.8, 4) is 5.88 Å². The van der Waals surface area contributed by atoms with Crippen LogP contribution in [0.3, 0.4) is 0 Å². The van der Waals surface area contributed by atoms with Crippen LogP contribution < -0.4 is 10.5 Å². The Morgan fingerprint density at radius 3 is 2.94 bits per heavy atom. The summed E-state index contributed by atoms with van der Waals surface area (Å²) < 4.78 is 5.79. The molecule has 0 saturated heterocycles. The van der Waals surface area contributed by atoms with Crippen LogP contribution >= 0.6 is 15.9 Å². The molecule has 1 rings (SSSR count). The van der Waals surface area contributed by atoms with Crippen LogP contribution in [0.15, 0.2) is 21.8 Å². The molecule has 0 amide bonds. The molecule has 6 nitrogen and oxygen atoms in total. The molecule has 0 aliphatic carbocycles. The molecule has 3 N–H and O–H groups in total. The van der Waals surface area contributed by atoms with E-state index in [1.54, 1.807) is 20.2 Å². The first kappa shape index (κ1) is 13.4. The fourth-order valence-electron chi connectivity index (χ4n) is 1.20. The van der Waals surface area contributed by atoms with Crippen LogP contribution in [-0.2, 0) is 6.54 Å². The quantitative estimate of drug-likeness (QED) is 0.490. The summed E-state index contributed by atoms with van der Waals surface area (Å²) in [6.07, 6.45) is 2.77. The lowest BCUT2D eigenvalue weighted by atomic mass is 10.3. The monoisotopic (exact) mass is 299 g/mol. The zero-order valence-electron chi connectivity index (χ0n) is 9.64. The molecule has 1 aromatic rings. The first-order valence-corrected chi connectivity index (χ1v) is 5.62. The van der Waals surface area contributed by atoms with Crippen molar-refractivity contribution in [3.63, 3.8) is 0 Å². The van der Waals surface area contributed by atoms with E-state index in [0.717, 1.165) is 16.4 Å². The van der Waals surface area contributed by atoms with E-state index in [2.05, 4.69) is 26.0 Å². The first-order valence-electron chi connectivity index (χ1n) is 4.83. The summed E-state index contributed by atoms with van der Waals surface area (Å²) >= 11 is 3.35. The summed E-state index contributed by atoms with van der Waals surface area (Å²) in [4.78, 5) is 4.11. The lowest BCUT2D eigenvalue weighted by Gasteiger charge is -2.13. The minimum absolute atomic E-state index is 0.397. The summed E-state index contributed by atoms with van der Waals surface area (Å²) in [6.45, 7) is 2.09. The lowest BCUT2D eigenvalue weighted by molar-refractivity contribution is 0.393. The highest BCUT2D eigenvalue weighted by atomic mass is 79.9. The van der Waals surface area contributed by atoms with Gasteiger partial charge in [-0.05, 0) is 34.5 Å². The Morgan fingerprint density at radius 1 is 1.76 bits per heavy atom. The smallest absolute Gasteiger partial charge is 0.227 e. The summed E-state index contributed by atoms with van der Waals surface area (Å²) in [5.74, 6) is 0.919. The Hall–Kier alpha value is -1.63. The van der Waals surface area contributed by atoms with Crippen LogP contribution in [0, 0.1) is 5.41 Å². The fourth-order valence-corrected chi connectivity index (χ4v) is 1.76. The number of hydrogen-bond acceptors (Lipinski definition) is 4. The Morgan fingerprint density at radius 2 is 2.47 bits per heavy atom. The van der Waals surface area contributed by atoms with Gasteiger partial charge in [0.05, 0.1) is 18.1 Å². The van der Waals surface area contributed by atoms with Gasteiger partial charge in [0.15, 0.2) is 0 Å². The van der Waals surface area contributed by atoms with E-state index in [-0.39, 0.29) is 0 Å². The van der Waals surface area contributed by atoms with Crippen LogP contribution in [0.25, 0.3) is 0 Å². The molecule has 0 fully saturated rings. The van der Waals surface area contributed by atoms with E-state index in [0.29, 0.717) is 18.3 Å². The van der Waals surface area contributed by atoms with Gasteiger partial charge in [-0.3, -0.25) is 5.41 Å². The molecule has 1 aromatic heterocycles. The average molecular weight is 300 g/mol. The van der Waals surface area contributed by atoms with Crippen molar-refractivity contribution in [2.24, 2.45) is 10.8 Å². The van der Waals surface area contributed by atoms with Gasteiger partial charge in [-0.15, -0.1) is 0 Å². The molecule has 17 heavy (non-hydrogen) atoms. The average Bonchev–Trinajstić information content (AvgIpc) is 2.27. The standard InChI is InChI=1S/C10H14BrN5O/c1-7(13)15-16(6-12)5-8-3-9(11)10(17-2)14-4-8/h3-4,6,12H,5H2,1-2H3,(H2,13,15). The van der Waals surface area contributed by atoms with Crippen LogP contribution in [0.1, 0.15) is 12.5 Å². The van der Waals surface area contributed by atoms with Gasteiger partial charge < -0.3 is 10.5 Å². The second-order valence-corrected chi connectivity index (χ2v) is 4.16. The zero-order chi connectivity index (χ0) is 12.8. The number of nitrogens with two attached hydrogens (primary N) is 1. The number of hydrogen-bond donors (Lipinski definition) is 2. The van der Waals surface area contributed by atoms with Crippen molar-refractivity contribution in [3.05, 3.63) is 22.3 Å². The topological polar surface area (TPSA) is 87.6 Å². The number of pyridine rings is 1. The highest BCUT2D eigenvalue weighted by Crippen LogP contribution is 2.22. The van der Waals surface area contributed by atoms with Gasteiger partial charge in [0, 0.05) is 6.20 Å². The molecule has 1 heterocycles.